The molecule has 2 aromatic heterocycles. The van der Waals surface area contributed by atoms with Crippen LogP contribution in [0.5, 0.6) is 11.5 Å². The second-order valence-corrected chi connectivity index (χ2v) is 23.5. The minimum Gasteiger partial charge on any atom is -0.492 e. The van der Waals surface area contributed by atoms with Gasteiger partial charge in [-0.1, -0.05) is 283 Å². The van der Waals surface area contributed by atoms with Gasteiger partial charge in [-0.2, -0.15) is 8.75 Å². The van der Waals surface area contributed by atoms with Gasteiger partial charge >= 0.3 is 0 Å². The lowest BCUT2D eigenvalue weighted by Crippen LogP contribution is -2.30. The number of aromatic nitrogens is 4. The molecule has 3 aromatic carbocycles. The second-order valence-electron chi connectivity index (χ2n) is 23.0. The third-order valence-corrected chi connectivity index (χ3v) is 15.9. The van der Waals surface area contributed by atoms with Crippen molar-refractivity contribution in [2.75, 3.05) is 13.2 Å². The first-order valence-electron chi connectivity index (χ1n) is 30.6. The number of fused-ring (bicyclic) bond motifs is 2. The summed E-state index contributed by atoms with van der Waals surface area (Å²) in [6, 6.07) is 16.4. The van der Waals surface area contributed by atoms with Crippen LogP contribution in [0.3, 0.4) is 0 Å². The third-order valence-electron chi connectivity index (χ3n) is 15.4. The summed E-state index contributed by atoms with van der Waals surface area (Å²) in [7, 11) is 0. The molecule has 0 unspecified atom stereocenters. The number of ether oxygens (including phenoxy) is 2. The van der Waals surface area contributed by atoms with E-state index in [0.717, 1.165) is 106 Å². The van der Waals surface area contributed by atoms with E-state index in [9.17, 15) is 0 Å². The largest absolute Gasteiger partial charge is 0.492 e. The van der Waals surface area contributed by atoms with E-state index in [0.29, 0.717) is 13.2 Å². The molecule has 0 amide bonds. The number of nitrogens with zero attached hydrogens (tertiary/aromatic N) is 4. The predicted octanol–water partition coefficient (Wildman–Crippen LogP) is 20.3. The summed E-state index contributed by atoms with van der Waals surface area (Å²) < 4.78 is 22.9. The van der Waals surface area contributed by atoms with Gasteiger partial charge in [0.15, 0.2) is 0 Å². The van der Waals surface area contributed by atoms with Gasteiger partial charge in [-0.3, -0.25) is 0 Å². The molecule has 0 spiro atoms. The van der Waals surface area contributed by atoms with E-state index in [4.69, 9.17) is 28.2 Å². The molecule has 0 saturated heterocycles. The van der Waals surface area contributed by atoms with Crippen molar-refractivity contribution in [1.82, 2.24) is 18.7 Å². The Labute approximate surface area is 461 Å². The molecular formula is C68H100N4O2S. The Hall–Kier alpha value is -4.46. The van der Waals surface area contributed by atoms with Crippen molar-refractivity contribution in [3.05, 3.63) is 82.2 Å². The highest BCUT2D eigenvalue weighted by molar-refractivity contribution is 7.00. The van der Waals surface area contributed by atoms with Crippen molar-refractivity contribution in [1.29, 1.82) is 0 Å². The average molecular weight is 1040 g/mol. The smallest absolute Gasteiger partial charge is 0.134 e. The van der Waals surface area contributed by atoms with Crippen LogP contribution in [0.2, 0.25) is 0 Å². The van der Waals surface area contributed by atoms with Crippen molar-refractivity contribution in [2.24, 2.45) is 0 Å². The Morgan fingerprint density at radius 1 is 0.373 bits per heavy atom. The molecule has 0 saturated carbocycles. The molecule has 6 nitrogen and oxygen atoms in total. The molecular weight excluding hydrogens is 937 g/mol. The van der Waals surface area contributed by atoms with Crippen molar-refractivity contribution < 1.29 is 9.47 Å². The van der Waals surface area contributed by atoms with Crippen LogP contribution in [-0.4, -0.2) is 31.9 Å². The molecule has 0 fully saturated rings. The van der Waals surface area contributed by atoms with Crippen LogP contribution >= 0.6 is 11.7 Å². The Bertz CT molecular complexity index is 2350. The summed E-state index contributed by atoms with van der Waals surface area (Å²) in [5.41, 5.74) is 7.83. The Kier molecular flexibility index (Phi) is 28.7. The fourth-order valence-corrected chi connectivity index (χ4v) is 11.0. The van der Waals surface area contributed by atoms with Crippen LogP contribution in [0.15, 0.2) is 48.5 Å². The summed E-state index contributed by atoms with van der Waals surface area (Å²) in [6.07, 6.45) is 40.2. The average Bonchev–Trinajstić information content (AvgIpc) is 3.92. The molecule has 2 heterocycles. The SMILES string of the molecule is CCCCCCCCCCCCOc1ccccc1C#Cc1c2nsnc2c(C#Cc2ccccc2OCCCCCCCCCCCC)c2nc(C(C)(C)CCCCCCC)c(C(C)(C)CCCCCCC)nc12. The zero-order chi connectivity index (χ0) is 53.4. The first-order chi connectivity index (χ1) is 36.6. The maximum Gasteiger partial charge on any atom is 0.134 e. The van der Waals surface area contributed by atoms with E-state index in [1.807, 2.05) is 36.4 Å². The van der Waals surface area contributed by atoms with Gasteiger partial charge in [-0.05, 0) is 49.9 Å². The highest BCUT2D eigenvalue weighted by Gasteiger charge is 2.35. The lowest BCUT2D eigenvalue weighted by atomic mass is 9.74. The Balaban J connectivity index is 1.53. The van der Waals surface area contributed by atoms with E-state index in [-0.39, 0.29) is 10.8 Å². The molecule has 0 N–H and O–H groups in total. The molecule has 75 heavy (non-hydrogen) atoms. The lowest BCUT2D eigenvalue weighted by Gasteiger charge is -2.33. The number of para-hydroxylation sites is 2. The normalized spacial score (nSPS) is 11.7. The van der Waals surface area contributed by atoms with Gasteiger partial charge in [0.25, 0.3) is 0 Å². The quantitative estimate of drug-likeness (QED) is 0.0290. The summed E-state index contributed by atoms with van der Waals surface area (Å²) >= 11 is 1.20. The highest BCUT2D eigenvalue weighted by atomic mass is 32.1. The van der Waals surface area contributed by atoms with Crippen molar-refractivity contribution in [2.45, 2.75) is 272 Å². The first kappa shape index (κ1) is 61.4. The van der Waals surface area contributed by atoms with Gasteiger partial charge in [0.1, 0.15) is 33.6 Å². The molecule has 0 atom stereocenters. The van der Waals surface area contributed by atoms with E-state index < -0.39 is 0 Å². The number of hydrogen-bond acceptors (Lipinski definition) is 7. The summed E-state index contributed by atoms with van der Waals surface area (Å²) in [4.78, 5) is 11.7. The number of hydrogen-bond donors (Lipinski definition) is 0. The van der Waals surface area contributed by atoms with E-state index in [1.165, 1.54) is 179 Å². The van der Waals surface area contributed by atoms with Gasteiger partial charge in [0.2, 0.25) is 0 Å². The summed E-state index contributed by atoms with van der Waals surface area (Å²) in [5, 5.41) is 0. The molecule has 410 valence electrons. The maximum absolute atomic E-state index is 6.47. The van der Waals surface area contributed by atoms with Crippen LogP contribution in [0.25, 0.3) is 22.1 Å². The molecule has 0 aliphatic heterocycles. The van der Waals surface area contributed by atoms with Crippen molar-refractivity contribution >= 4 is 33.8 Å². The molecule has 5 rings (SSSR count). The number of benzene rings is 3. The Morgan fingerprint density at radius 2 is 0.680 bits per heavy atom. The molecule has 5 aromatic rings. The van der Waals surface area contributed by atoms with E-state index >= 15 is 0 Å². The first-order valence-corrected chi connectivity index (χ1v) is 31.4. The van der Waals surface area contributed by atoms with Gasteiger partial charge in [-0.25, -0.2) is 9.97 Å². The van der Waals surface area contributed by atoms with Crippen LogP contribution in [0.1, 0.15) is 294 Å². The fourth-order valence-electron chi connectivity index (χ4n) is 10.5. The Morgan fingerprint density at radius 3 is 1.03 bits per heavy atom. The predicted molar refractivity (Wildman–Crippen MR) is 323 cm³/mol. The zero-order valence-corrected chi connectivity index (χ0v) is 49.5. The molecule has 0 bridgehead atoms. The topological polar surface area (TPSA) is 70.0 Å². The van der Waals surface area contributed by atoms with Crippen LogP contribution < -0.4 is 9.47 Å². The summed E-state index contributed by atoms with van der Waals surface area (Å²) in [6.45, 7) is 20.0. The van der Waals surface area contributed by atoms with E-state index in [1.54, 1.807) is 0 Å². The van der Waals surface area contributed by atoms with E-state index in [2.05, 4.69) is 91.2 Å². The highest BCUT2D eigenvalue weighted by Crippen LogP contribution is 2.41. The van der Waals surface area contributed by atoms with Gasteiger partial charge in [0.05, 0.1) is 58.6 Å². The molecule has 7 heteroatoms. The minimum atomic E-state index is -0.229. The van der Waals surface area contributed by atoms with Crippen molar-refractivity contribution in [3.63, 3.8) is 0 Å². The summed E-state index contributed by atoms with van der Waals surface area (Å²) in [5.74, 6) is 16.0. The monoisotopic (exact) mass is 1040 g/mol. The fraction of sp³-hybridized carbons (Fsp3) is 0.647. The molecule has 0 radical (unpaired) electrons. The standard InChI is InChI=1S/C68H100N4O2S/c1-9-13-17-21-23-25-27-29-33-41-53-73-59-45-37-35-43-55(59)47-49-57-61-62(70-66(68(7,8)52-40-32-20-16-12-4)65(69-61)67(5,6)51-39-31-19-15-11-3)58(64-63(57)71-75-72-64)50-48-56-44-36-38-46-60(56)74-54-42-34-30-28-26-24-22-18-14-10-2/h35-38,43-46H,9-34,39-42,51-54H2,1-8H3. The van der Waals surface area contributed by atoms with Gasteiger partial charge in [-0.15, -0.1) is 0 Å². The zero-order valence-electron chi connectivity index (χ0n) is 48.7. The second kappa shape index (κ2) is 35.1. The van der Waals surface area contributed by atoms with Crippen LogP contribution in [0, 0.1) is 23.7 Å². The molecule has 0 aliphatic carbocycles. The number of rotatable bonds is 38. The minimum absolute atomic E-state index is 0.229. The number of unbranched alkanes of at least 4 members (excludes halogenated alkanes) is 26. The van der Waals surface area contributed by atoms with Crippen LogP contribution in [-0.2, 0) is 10.8 Å². The lowest BCUT2D eigenvalue weighted by molar-refractivity contribution is 0.303. The molecule has 0 aliphatic rings. The van der Waals surface area contributed by atoms with Crippen LogP contribution in [0.4, 0.5) is 0 Å². The van der Waals surface area contributed by atoms with Crippen molar-refractivity contribution in [3.8, 4) is 35.2 Å². The van der Waals surface area contributed by atoms with Gasteiger partial charge in [0, 0.05) is 10.8 Å². The third kappa shape index (κ3) is 20.8. The van der Waals surface area contributed by atoms with Gasteiger partial charge < -0.3 is 9.47 Å². The maximum atomic E-state index is 6.47.